The summed E-state index contributed by atoms with van der Waals surface area (Å²) in [4.78, 5) is 0. The van der Waals surface area contributed by atoms with E-state index in [0.29, 0.717) is 35.5 Å². The minimum atomic E-state index is -0.659. The van der Waals surface area contributed by atoms with Crippen LogP contribution in [0.4, 0.5) is 0 Å². The first-order valence-corrected chi connectivity index (χ1v) is 13.6. The number of aliphatic hydroxyl groups excluding tert-OH is 4. The highest BCUT2D eigenvalue weighted by atomic mass is 16.3. The van der Waals surface area contributed by atoms with Crippen LogP contribution in [0.2, 0.25) is 0 Å². The second kappa shape index (κ2) is 8.81. The van der Waals surface area contributed by atoms with Crippen LogP contribution in [-0.4, -0.2) is 44.8 Å². The highest BCUT2D eigenvalue weighted by Gasteiger charge is 2.62. The summed E-state index contributed by atoms with van der Waals surface area (Å²) in [6.07, 6.45) is 6.31. The molecule has 4 aliphatic rings. The molecule has 4 aliphatic carbocycles. The Kier molecular flexibility index (Phi) is 6.87. The van der Waals surface area contributed by atoms with Crippen LogP contribution in [0.3, 0.4) is 0 Å². The number of hydrogen-bond acceptors (Lipinski definition) is 4. The summed E-state index contributed by atoms with van der Waals surface area (Å²) in [5, 5.41) is 42.8. The van der Waals surface area contributed by atoms with Crippen molar-refractivity contribution in [2.24, 2.45) is 58.2 Å². The standard InChI is InChI=1S/C28H50O4/c1-15(2)16(3)25(31)26(32)17(4)20-9-10-21-19-8-7-18-13-23(29)24(30)14-28(18,6)22(19)11-12-27(20,21)5/h15-26,29-32H,7-14H2,1-6H3. The first kappa shape index (κ1) is 24.9. The minimum Gasteiger partial charge on any atom is -0.390 e. The van der Waals surface area contributed by atoms with Gasteiger partial charge in [0, 0.05) is 0 Å². The topological polar surface area (TPSA) is 80.9 Å². The number of hydrogen-bond donors (Lipinski definition) is 4. The fourth-order valence-electron chi connectivity index (χ4n) is 9.43. The van der Waals surface area contributed by atoms with E-state index in [2.05, 4.69) is 41.5 Å². The van der Waals surface area contributed by atoms with Gasteiger partial charge in [-0.05, 0) is 110 Å². The molecule has 0 aliphatic heterocycles. The molecular weight excluding hydrogens is 400 g/mol. The molecule has 4 fully saturated rings. The normalized spacial score (nSPS) is 50.2. The van der Waals surface area contributed by atoms with E-state index in [4.69, 9.17) is 0 Å². The lowest BCUT2D eigenvalue weighted by molar-refractivity contribution is -0.163. The maximum absolute atomic E-state index is 11.2. The third-order valence-corrected chi connectivity index (χ3v) is 11.9. The summed E-state index contributed by atoms with van der Waals surface area (Å²) in [6, 6.07) is 0. The Balaban J connectivity index is 1.52. The van der Waals surface area contributed by atoms with Crippen molar-refractivity contribution < 1.29 is 20.4 Å². The number of aliphatic hydroxyl groups is 4. The van der Waals surface area contributed by atoms with Gasteiger partial charge in [-0.15, -0.1) is 0 Å². The predicted octanol–water partition coefficient (Wildman–Crippen LogP) is 4.63. The molecule has 0 aromatic rings. The van der Waals surface area contributed by atoms with Crippen molar-refractivity contribution in [2.75, 3.05) is 0 Å². The summed E-state index contributed by atoms with van der Waals surface area (Å²) in [7, 11) is 0. The second-order valence-electron chi connectivity index (χ2n) is 13.4. The predicted molar refractivity (Wildman–Crippen MR) is 128 cm³/mol. The van der Waals surface area contributed by atoms with Crippen LogP contribution in [0.5, 0.6) is 0 Å². The van der Waals surface area contributed by atoms with Gasteiger partial charge in [0.05, 0.1) is 24.4 Å². The molecule has 4 saturated carbocycles. The first-order chi connectivity index (χ1) is 14.9. The van der Waals surface area contributed by atoms with Crippen molar-refractivity contribution in [1.82, 2.24) is 0 Å². The Hall–Kier alpha value is -0.160. The molecule has 0 aromatic heterocycles. The van der Waals surface area contributed by atoms with Gasteiger partial charge < -0.3 is 20.4 Å². The molecule has 4 rings (SSSR count). The van der Waals surface area contributed by atoms with Crippen molar-refractivity contribution in [3.05, 3.63) is 0 Å². The Morgan fingerprint density at radius 3 is 2.06 bits per heavy atom. The van der Waals surface area contributed by atoms with Crippen LogP contribution in [0.1, 0.15) is 92.9 Å². The smallest absolute Gasteiger partial charge is 0.0830 e. The van der Waals surface area contributed by atoms with Crippen LogP contribution in [-0.2, 0) is 0 Å². The van der Waals surface area contributed by atoms with Crippen LogP contribution in [0, 0.1) is 58.2 Å². The van der Waals surface area contributed by atoms with Gasteiger partial charge in [0.1, 0.15) is 0 Å². The molecule has 4 N–H and O–H groups in total. The molecule has 0 amide bonds. The lowest BCUT2D eigenvalue weighted by Gasteiger charge is -2.61. The number of rotatable bonds is 5. The van der Waals surface area contributed by atoms with E-state index in [9.17, 15) is 20.4 Å². The quantitative estimate of drug-likeness (QED) is 0.492. The Morgan fingerprint density at radius 2 is 1.41 bits per heavy atom. The van der Waals surface area contributed by atoms with Gasteiger partial charge in [-0.2, -0.15) is 0 Å². The lowest BCUT2D eigenvalue weighted by Crippen LogP contribution is -2.57. The van der Waals surface area contributed by atoms with Gasteiger partial charge in [-0.3, -0.25) is 0 Å². The molecule has 13 atom stereocenters. The van der Waals surface area contributed by atoms with Crippen LogP contribution < -0.4 is 0 Å². The van der Waals surface area contributed by atoms with Crippen molar-refractivity contribution in [1.29, 1.82) is 0 Å². The summed E-state index contributed by atoms with van der Waals surface area (Å²) >= 11 is 0. The zero-order chi connectivity index (χ0) is 23.6. The van der Waals surface area contributed by atoms with Gasteiger partial charge in [0.25, 0.3) is 0 Å². The molecule has 4 heteroatoms. The fraction of sp³-hybridized carbons (Fsp3) is 1.00. The van der Waals surface area contributed by atoms with Crippen LogP contribution in [0.25, 0.3) is 0 Å². The summed E-state index contributed by atoms with van der Waals surface area (Å²) in [5.74, 6) is 3.59. The zero-order valence-corrected chi connectivity index (χ0v) is 21.4. The Morgan fingerprint density at radius 1 is 0.750 bits per heavy atom. The third-order valence-electron chi connectivity index (χ3n) is 11.9. The average Bonchev–Trinajstić information content (AvgIpc) is 3.09. The molecule has 0 aromatic carbocycles. The van der Waals surface area contributed by atoms with Crippen molar-refractivity contribution >= 4 is 0 Å². The Labute approximate surface area is 196 Å². The van der Waals surface area contributed by atoms with E-state index in [1.54, 1.807) is 0 Å². The highest BCUT2D eigenvalue weighted by Crippen LogP contribution is 2.68. The maximum atomic E-state index is 11.2. The van der Waals surface area contributed by atoms with E-state index in [1.807, 2.05) is 0 Å². The zero-order valence-electron chi connectivity index (χ0n) is 21.4. The van der Waals surface area contributed by atoms with Gasteiger partial charge >= 0.3 is 0 Å². The second-order valence-corrected chi connectivity index (χ2v) is 13.4. The lowest BCUT2D eigenvalue weighted by atomic mass is 9.44. The molecule has 0 bridgehead atoms. The van der Waals surface area contributed by atoms with Gasteiger partial charge in [-0.25, -0.2) is 0 Å². The third kappa shape index (κ3) is 3.80. The molecular formula is C28H50O4. The largest absolute Gasteiger partial charge is 0.390 e. The van der Waals surface area contributed by atoms with Crippen molar-refractivity contribution in [3.63, 3.8) is 0 Å². The molecule has 0 spiro atoms. The van der Waals surface area contributed by atoms with Crippen molar-refractivity contribution in [2.45, 2.75) is 117 Å². The number of fused-ring (bicyclic) bond motifs is 5. The van der Waals surface area contributed by atoms with Gasteiger partial charge in [0.15, 0.2) is 0 Å². The van der Waals surface area contributed by atoms with Gasteiger partial charge in [0.2, 0.25) is 0 Å². The van der Waals surface area contributed by atoms with E-state index in [-0.39, 0.29) is 22.7 Å². The first-order valence-electron chi connectivity index (χ1n) is 13.6. The molecule has 0 heterocycles. The summed E-state index contributed by atoms with van der Waals surface area (Å²) in [6.45, 7) is 13.4. The molecule has 4 nitrogen and oxygen atoms in total. The minimum absolute atomic E-state index is 0.0940. The van der Waals surface area contributed by atoms with Crippen molar-refractivity contribution in [3.8, 4) is 0 Å². The van der Waals surface area contributed by atoms with E-state index in [0.717, 1.165) is 19.3 Å². The molecule has 0 radical (unpaired) electrons. The van der Waals surface area contributed by atoms with E-state index >= 15 is 0 Å². The van der Waals surface area contributed by atoms with Gasteiger partial charge in [-0.1, -0.05) is 41.5 Å². The highest BCUT2D eigenvalue weighted by molar-refractivity contribution is 5.11. The van der Waals surface area contributed by atoms with Crippen LogP contribution in [0.15, 0.2) is 0 Å². The SMILES string of the molecule is CC(C)C(C)C(O)C(O)C(C)C1CCC2C3CCC4CC(O)C(O)CC4(C)C3CCC12C. The molecule has 13 unspecified atom stereocenters. The van der Waals surface area contributed by atoms with E-state index in [1.165, 1.54) is 32.1 Å². The summed E-state index contributed by atoms with van der Waals surface area (Å²) in [5.41, 5.74) is 0.382. The average molecular weight is 451 g/mol. The maximum Gasteiger partial charge on any atom is 0.0830 e. The monoisotopic (exact) mass is 450 g/mol. The Bertz CT molecular complexity index is 666. The molecule has 32 heavy (non-hydrogen) atoms. The molecule has 0 saturated heterocycles. The molecule has 186 valence electrons. The van der Waals surface area contributed by atoms with Crippen LogP contribution >= 0.6 is 0 Å². The fourth-order valence-corrected chi connectivity index (χ4v) is 9.43. The van der Waals surface area contributed by atoms with E-state index < -0.39 is 24.4 Å². The summed E-state index contributed by atoms with van der Waals surface area (Å²) < 4.78 is 0.